The quantitative estimate of drug-likeness (QED) is 0.496. The van der Waals surface area contributed by atoms with Crippen molar-refractivity contribution in [2.75, 3.05) is 0 Å². The molecule has 0 bridgehead atoms. The summed E-state index contributed by atoms with van der Waals surface area (Å²) in [6.45, 7) is 1.77. The molecule has 3 rings (SSSR count). The van der Waals surface area contributed by atoms with Gasteiger partial charge in [-0.3, -0.25) is 4.79 Å². The van der Waals surface area contributed by atoms with Crippen LogP contribution in [-0.4, -0.2) is 11.6 Å². The number of rotatable bonds is 4. The number of carbonyl (C=O) groups is 1. The molecule has 0 spiro atoms. The van der Waals surface area contributed by atoms with E-state index in [1.807, 2.05) is 36.4 Å². The van der Waals surface area contributed by atoms with Gasteiger partial charge in [0.1, 0.15) is 5.82 Å². The van der Waals surface area contributed by atoms with Crippen molar-refractivity contribution in [2.45, 2.75) is 13.3 Å². The maximum atomic E-state index is 12.9. The average molecular weight is 399 g/mol. The highest BCUT2D eigenvalue weighted by Gasteiger charge is 2.08. The molecule has 126 valence electrons. The van der Waals surface area contributed by atoms with Gasteiger partial charge >= 0.3 is 0 Å². The molecule has 0 aliphatic carbocycles. The number of hydrogen-bond donors (Lipinski definition) is 1. The first-order valence-electron chi connectivity index (χ1n) is 7.80. The van der Waals surface area contributed by atoms with Gasteiger partial charge in [0.15, 0.2) is 0 Å². The molecule has 25 heavy (non-hydrogen) atoms. The van der Waals surface area contributed by atoms with Crippen LogP contribution in [0.1, 0.15) is 18.1 Å². The maximum Gasteiger partial charge on any atom is 0.244 e. The number of hydrogen-bond acceptors (Lipinski definition) is 2. The van der Waals surface area contributed by atoms with Gasteiger partial charge in [-0.05, 0) is 47.0 Å². The second kappa shape index (κ2) is 7.57. The van der Waals surface area contributed by atoms with Crippen LogP contribution in [0.2, 0.25) is 0 Å². The number of nitrogens with one attached hydrogen (secondary N) is 1. The van der Waals surface area contributed by atoms with Gasteiger partial charge in [-0.25, -0.2) is 9.82 Å². The Morgan fingerprint density at radius 1 is 1.04 bits per heavy atom. The molecule has 0 unspecified atom stereocenters. The number of fused-ring (bicyclic) bond motifs is 1. The van der Waals surface area contributed by atoms with E-state index in [0.29, 0.717) is 5.71 Å². The first-order valence-corrected chi connectivity index (χ1v) is 8.59. The van der Waals surface area contributed by atoms with Crippen molar-refractivity contribution in [1.82, 2.24) is 5.43 Å². The van der Waals surface area contributed by atoms with Gasteiger partial charge in [0.05, 0.1) is 12.1 Å². The summed E-state index contributed by atoms with van der Waals surface area (Å²) in [5, 5.41) is 6.21. The molecule has 0 radical (unpaired) electrons. The molecule has 0 aliphatic heterocycles. The first-order chi connectivity index (χ1) is 12.0. The molecular weight excluding hydrogens is 383 g/mol. The Bertz CT molecular complexity index is 952. The molecule has 0 fully saturated rings. The van der Waals surface area contributed by atoms with E-state index in [1.165, 1.54) is 12.1 Å². The van der Waals surface area contributed by atoms with E-state index in [0.717, 1.165) is 26.4 Å². The summed E-state index contributed by atoms with van der Waals surface area (Å²) in [6, 6.07) is 17.8. The second-order valence-corrected chi connectivity index (χ2v) is 6.52. The largest absolute Gasteiger partial charge is 0.273 e. The minimum absolute atomic E-state index is 0.200. The summed E-state index contributed by atoms with van der Waals surface area (Å²) in [4.78, 5) is 12.2. The Morgan fingerprint density at radius 2 is 1.72 bits per heavy atom. The van der Waals surface area contributed by atoms with Crippen LogP contribution >= 0.6 is 15.9 Å². The van der Waals surface area contributed by atoms with Crippen molar-refractivity contribution in [1.29, 1.82) is 0 Å². The number of hydrazone groups is 1. The van der Waals surface area contributed by atoms with Gasteiger partial charge in [-0.15, -0.1) is 0 Å². The molecular formula is C20H16BrFN2O. The van der Waals surface area contributed by atoms with Crippen molar-refractivity contribution in [2.24, 2.45) is 5.10 Å². The van der Waals surface area contributed by atoms with Crippen LogP contribution < -0.4 is 5.43 Å². The molecule has 3 aromatic carbocycles. The third kappa shape index (κ3) is 4.12. The number of nitrogens with zero attached hydrogens (tertiary/aromatic N) is 1. The fourth-order valence-electron chi connectivity index (χ4n) is 2.59. The molecule has 0 aliphatic rings. The molecule has 0 saturated carbocycles. The second-order valence-electron chi connectivity index (χ2n) is 5.67. The van der Waals surface area contributed by atoms with Crippen LogP contribution in [-0.2, 0) is 11.2 Å². The van der Waals surface area contributed by atoms with E-state index in [9.17, 15) is 9.18 Å². The molecule has 0 saturated heterocycles. The molecule has 0 heterocycles. The summed E-state index contributed by atoms with van der Waals surface area (Å²) in [7, 11) is 0. The number of amides is 1. The van der Waals surface area contributed by atoms with Crippen LogP contribution in [0.3, 0.4) is 0 Å². The van der Waals surface area contributed by atoms with Gasteiger partial charge in [-0.1, -0.05) is 58.4 Å². The van der Waals surface area contributed by atoms with Crippen molar-refractivity contribution >= 4 is 38.3 Å². The normalized spacial score (nSPS) is 11.6. The third-order valence-electron chi connectivity index (χ3n) is 3.92. The van der Waals surface area contributed by atoms with E-state index in [2.05, 4.69) is 26.5 Å². The van der Waals surface area contributed by atoms with E-state index < -0.39 is 0 Å². The Kier molecular flexibility index (Phi) is 5.24. The fourth-order valence-corrected chi connectivity index (χ4v) is 3.07. The van der Waals surface area contributed by atoms with Gasteiger partial charge in [-0.2, -0.15) is 5.10 Å². The van der Waals surface area contributed by atoms with E-state index in [-0.39, 0.29) is 18.1 Å². The lowest BCUT2D eigenvalue weighted by molar-refractivity contribution is -0.120. The van der Waals surface area contributed by atoms with E-state index >= 15 is 0 Å². The Labute approximate surface area is 153 Å². The topological polar surface area (TPSA) is 41.5 Å². The highest BCUT2D eigenvalue weighted by atomic mass is 79.9. The van der Waals surface area contributed by atoms with Gasteiger partial charge in [0.25, 0.3) is 0 Å². The molecule has 0 atom stereocenters. The molecule has 0 aromatic heterocycles. The van der Waals surface area contributed by atoms with Crippen molar-refractivity contribution in [3.63, 3.8) is 0 Å². The predicted octanol–water partition coefficient (Wildman–Crippen LogP) is 4.82. The molecule has 3 aromatic rings. The van der Waals surface area contributed by atoms with Crippen LogP contribution in [0, 0.1) is 5.82 Å². The van der Waals surface area contributed by atoms with Crippen LogP contribution in [0.5, 0.6) is 0 Å². The SMILES string of the molecule is C/C(=N/NC(=O)Cc1ccc(Br)c2ccccc12)c1ccc(F)cc1. The molecule has 1 amide bonds. The zero-order valence-electron chi connectivity index (χ0n) is 13.6. The van der Waals surface area contributed by atoms with E-state index in [4.69, 9.17) is 0 Å². The van der Waals surface area contributed by atoms with Gasteiger partial charge in [0.2, 0.25) is 5.91 Å². The van der Waals surface area contributed by atoms with Crippen molar-refractivity contribution < 1.29 is 9.18 Å². The minimum atomic E-state index is -0.303. The summed E-state index contributed by atoms with van der Waals surface area (Å²) in [5.74, 6) is -0.503. The lowest BCUT2D eigenvalue weighted by Gasteiger charge is -2.08. The van der Waals surface area contributed by atoms with Crippen molar-refractivity contribution in [3.8, 4) is 0 Å². The van der Waals surface area contributed by atoms with E-state index in [1.54, 1.807) is 19.1 Å². The Hall–Kier alpha value is -2.53. The van der Waals surface area contributed by atoms with Crippen LogP contribution in [0.25, 0.3) is 10.8 Å². The Balaban J connectivity index is 1.74. The highest BCUT2D eigenvalue weighted by molar-refractivity contribution is 9.10. The van der Waals surface area contributed by atoms with Crippen LogP contribution in [0.4, 0.5) is 4.39 Å². The maximum absolute atomic E-state index is 12.9. The summed E-state index contributed by atoms with van der Waals surface area (Å²) < 4.78 is 13.9. The van der Waals surface area contributed by atoms with Crippen LogP contribution in [0.15, 0.2) is 70.2 Å². The monoisotopic (exact) mass is 398 g/mol. The fraction of sp³-hybridized carbons (Fsp3) is 0.100. The minimum Gasteiger partial charge on any atom is -0.273 e. The number of benzene rings is 3. The third-order valence-corrected chi connectivity index (χ3v) is 4.61. The lowest BCUT2D eigenvalue weighted by Crippen LogP contribution is -2.21. The van der Waals surface area contributed by atoms with Crippen molar-refractivity contribution in [3.05, 3.63) is 82.1 Å². The molecule has 3 nitrogen and oxygen atoms in total. The summed E-state index contributed by atoms with van der Waals surface area (Å²) >= 11 is 3.53. The van der Waals surface area contributed by atoms with Gasteiger partial charge in [0, 0.05) is 4.47 Å². The molecule has 1 N–H and O–H groups in total. The zero-order valence-corrected chi connectivity index (χ0v) is 15.2. The predicted molar refractivity (Wildman–Crippen MR) is 102 cm³/mol. The zero-order chi connectivity index (χ0) is 17.8. The lowest BCUT2D eigenvalue weighted by atomic mass is 10.0. The summed E-state index contributed by atoms with van der Waals surface area (Å²) in [6.07, 6.45) is 0.230. The number of halogens is 2. The smallest absolute Gasteiger partial charge is 0.244 e. The summed E-state index contributed by atoms with van der Waals surface area (Å²) in [5.41, 5.74) is 4.88. The number of carbonyl (C=O) groups excluding carboxylic acids is 1. The van der Waals surface area contributed by atoms with Gasteiger partial charge < -0.3 is 0 Å². The molecule has 5 heteroatoms. The standard InChI is InChI=1S/C20H16BrFN2O/c1-13(14-6-9-16(22)10-7-14)23-24-20(25)12-15-8-11-19(21)18-5-3-2-4-17(15)18/h2-11H,12H2,1H3,(H,24,25)/b23-13-. The average Bonchev–Trinajstić information content (AvgIpc) is 2.63. The highest BCUT2D eigenvalue weighted by Crippen LogP contribution is 2.27. The first kappa shape index (κ1) is 17.3. The Morgan fingerprint density at radius 3 is 2.44 bits per heavy atom.